The normalized spacial score (nSPS) is 17.6. The topological polar surface area (TPSA) is 66.4 Å². The number of aryl methyl sites for hydroxylation is 1. The lowest BCUT2D eigenvalue weighted by atomic mass is 10.1. The molecule has 126 valence electrons. The third-order valence-corrected chi connectivity index (χ3v) is 4.39. The SMILES string of the molecule is Cn1cccc1[C@@H]1CCCN1CC(=O)NNC(=O)c1ccccc1. The highest BCUT2D eigenvalue weighted by Gasteiger charge is 2.28. The smallest absolute Gasteiger partial charge is 0.269 e. The van der Waals surface area contributed by atoms with E-state index in [0.717, 1.165) is 19.4 Å². The van der Waals surface area contributed by atoms with Crippen LogP contribution in [-0.4, -0.2) is 34.4 Å². The Bertz CT molecular complexity index is 711. The summed E-state index contributed by atoms with van der Waals surface area (Å²) in [6.07, 6.45) is 4.13. The quantitative estimate of drug-likeness (QED) is 0.839. The highest BCUT2D eigenvalue weighted by atomic mass is 16.2. The van der Waals surface area contributed by atoms with E-state index in [1.807, 2.05) is 25.4 Å². The van der Waals surface area contributed by atoms with Crippen molar-refractivity contribution in [3.8, 4) is 0 Å². The van der Waals surface area contributed by atoms with Gasteiger partial charge in [0, 0.05) is 24.5 Å². The summed E-state index contributed by atoms with van der Waals surface area (Å²) in [7, 11) is 2.02. The van der Waals surface area contributed by atoms with Crippen molar-refractivity contribution in [1.29, 1.82) is 0 Å². The molecule has 24 heavy (non-hydrogen) atoms. The zero-order valence-electron chi connectivity index (χ0n) is 13.7. The maximum atomic E-state index is 12.2. The number of benzene rings is 1. The van der Waals surface area contributed by atoms with Gasteiger partial charge < -0.3 is 4.57 Å². The Morgan fingerprint density at radius 3 is 2.62 bits per heavy atom. The summed E-state index contributed by atoms with van der Waals surface area (Å²) < 4.78 is 2.10. The molecule has 0 bridgehead atoms. The van der Waals surface area contributed by atoms with Crippen molar-refractivity contribution < 1.29 is 9.59 Å². The molecule has 1 aliphatic heterocycles. The minimum Gasteiger partial charge on any atom is -0.353 e. The van der Waals surface area contributed by atoms with Crippen LogP contribution in [-0.2, 0) is 11.8 Å². The largest absolute Gasteiger partial charge is 0.353 e. The lowest BCUT2D eigenvalue weighted by Gasteiger charge is -2.24. The Morgan fingerprint density at radius 2 is 1.92 bits per heavy atom. The minimum atomic E-state index is -0.315. The number of nitrogens with one attached hydrogen (secondary N) is 2. The zero-order chi connectivity index (χ0) is 16.9. The van der Waals surface area contributed by atoms with Crippen LogP contribution in [0.4, 0.5) is 0 Å². The summed E-state index contributed by atoms with van der Waals surface area (Å²) in [4.78, 5) is 26.3. The number of hydrogen-bond donors (Lipinski definition) is 2. The maximum Gasteiger partial charge on any atom is 0.269 e. The molecule has 2 heterocycles. The predicted molar refractivity (Wildman–Crippen MR) is 91.0 cm³/mol. The van der Waals surface area contributed by atoms with E-state index in [-0.39, 0.29) is 24.4 Å². The molecular formula is C18H22N4O2. The Balaban J connectivity index is 1.53. The molecule has 2 aromatic rings. The fraction of sp³-hybridized carbons (Fsp3) is 0.333. The van der Waals surface area contributed by atoms with Crippen molar-refractivity contribution in [2.24, 2.45) is 7.05 Å². The number of hydrogen-bond acceptors (Lipinski definition) is 3. The summed E-state index contributed by atoms with van der Waals surface area (Å²) in [5.41, 5.74) is 6.70. The Morgan fingerprint density at radius 1 is 1.12 bits per heavy atom. The van der Waals surface area contributed by atoms with Gasteiger partial charge in [-0.1, -0.05) is 18.2 Å². The molecule has 0 aliphatic carbocycles. The van der Waals surface area contributed by atoms with Gasteiger partial charge in [-0.25, -0.2) is 0 Å². The third-order valence-electron chi connectivity index (χ3n) is 4.39. The molecule has 1 fully saturated rings. The standard InChI is InChI=1S/C18H22N4O2/c1-21-11-5-9-15(21)16-10-6-12-22(16)13-17(23)19-20-18(24)14-7-3-2-4-8-14/h2-5,7-9,11,16H,6,10,12-13H2,1H3,(H,19,23)(H,20,24)/t16-/m0/s1. The van der Waals surface area contributed by atoms with Crippen LogP contribution in [0.1, 0.15) is 34.9 Å². The number of likely N-dealkylation sites (tertiary alicyclic amines) is 1. The number of carbonyl (C=O) groups is 2. The van der Waals surface area contributed by atoms with E-state index < -0.39 is 0 Å². The first-order chi connectivity index (χ1) is 11.6. The summed E-state index contributed by atoms with van der Waals surface area (Å²) in [5, 5.41) is 0. The van der Waals surface area contributed by atoms with Gasteiger partial charge in [0.2, 0.25) is 0 Å². The van der Waals surface area contributed by atoms with Crippen molar-refractivity contribution in [3.63, 3.8) is 0 Å². The van der Waals surface area contributed by atoms with E-state index >= 15 is 0 Å². The van der Waals surface area contributed by atoms with E-state index in [1.54, 1.807) is 24.3 Å². The molecule has 2 amide bonds. The lowest BCUT2D eigenvalue weighted by molar-refractivity contribution is -0.123. The molecule has 6 heteroatoms. The first kappa shape index (κ1) is 16.3. The van der Waals surface area contributed by atoms with Crippen molar-refractivity contribution in [2.75, 3.05) is 13.1 Å². The van der Waals surface area contributed by atoms with Crippen LogP contribution in [0.15, 0.2) is 48.7 Å². The van der Waals surface area contributed by atoms with E-state index in [2.05, 4.69) is 26.4 Å². The molecule has 0 radical (unpaired) electrons. The number of carbonyl (C=O) groups excluding carboxylic acids is 2. The highest BCUT2D eigenvalue weighted by molar-refractivity contribution is 5.95. The predicted octanol–water partition coefficient (Wildman–Crippen LogP) is 1.62. The van der Waals surface area contributed by atoms with Gasteiger partial charge in [-0.05, 0) is 43.7 Å². The average molecular weight is 326 g/mol. The van der Waals surface area contributed by atoms with Crippen LogP contribution in [0.2, 0.25) is 0 Å². The monoisotopic (exact) mass is 326 g/mol. The number of amides is 2. The molecule has 1 saturated heterocycles. The van der Waals surface area contributed by atoms with Gasteiger partial charge in [-0.15, -0.1) is 0 Å². The van der Waals surface area contributed by atoms with E-state index in [0.29, 0.717) is 5.56 Å². The average Bonchev–Trinajstić information content (AvgIpc) is 3.22. The third kappa shape index (κ3) is 3.65. The van der Waals surface area contributed by atoms with Crippen LogP contribution >= 0.6 is 0 Å². The van der Waals surface area contributed by atoms with Gasteiger partial charge in [0.05, 0.1) is 12.6 Å². The molecule has 1 atom stereocenters. The maximum absolute atomic E-state index is 12.2. The highest BCUT2D eigenvalue weighted by Crippen LogP contribution is 2.31. The number of rotatable bonds is 4. The molecule has 0 saturated carbocycles. The molecule has 6 nitrogen and oxygen atoms in total. The van der Waals surface area contributed by atoms with E-state index in [4.69, 9.17) is 0 Å². The first-order valence-corrected chi connectivity index (χ1v) is 8.14. The molecule has 1 aromatic heterocycles. The Kier molecular flexibility index (Phi) is 4.96. The van der Waals surface area contributed by atoms with Gasteiger partial charge in [0.15, 0.2) is 0 Å². The molecule has 1 aromatic carbocycles. The summed E-state index contributed by atoms with van der Waals surface area (Å²) in [6, 6.07) is 13.2. The van der Waals surface area contributed by atoms with Crippen molar-refractivity contribution in [1.82, 2.24) is 20.3 Å². The van der Waals surface area contributed by atoms with Gasteiger partial charge >= 0.3 is 0 Å². The first-order valence-electron chi connectivity index (χ1n) is 8.14. The van der Waals surface area contributed by atoms with Gasteiger partial charge in [0.1, 0.15) is 0 Å². The summed E-state index contributed by atoms with van der Waals surface area (Å²) in [5.74, 6) is -0.523. The zero-order valence-corrected chi connectivity index (χ0v) is 13.7. The van der Waals surface area contributed by atoms with E-state index in [9.17, 15) is 9.59 Å². The molecule has 0 unspecified atom stereocenters. The molecule has 3 rings (SSSR count). The number of aromatic nitrogens is 1. The fourth-order valence-corrected chi connectivity index (χ4v) is 3.18. The van der Waals surface area contributed by atoms with Crippen molar-refractivity contribution in [2.45, 2.75) is 18.9 Å². The molecule has 0 spiro atoms. The second-order valence-corrected chi connectivity index (χ2v) is 6.04. The van der Waals surface area contributed by atoms with E-state index in [1.165, 1.54) is 5.69 Å². The number of nitrogens with zero attached hydrogens (tertiary/aromatic N) is 2. The van der Waals surface area contributed by atoms with Crippen LogP contribution in [0.3, 0.4) is 0 Å². The second-order valence-electron chi connectivity index (χ2n) is 6.04. The summed E-state index contributed by atoms with van der Waals surface area (Å²) in [6.45, 7) is 1.15. The Labute approximate surface area is 141 Å². The second kappa shape index (κ2) is 7.31. The lowest BCUT2D eigenvalue weighted by Crippen LogP contribution is -2.46. The Hall–Kier alpha value is -2.60. The molecule has 1 aliphatic rings. The minimum absolute atomic E-state index is 0.208. The number of hydrazine groups is 1. The van der Waals surface area contributed by atoms with Gasteiger partial charge in [0.25, 0.3) is 11.8 Å². The van der Waals surface area contributed by atoms with Crippen LogP contribution in [0.25, 0.3) is 0 Å². The van der Waals surface area contributed by atoms with Crippen LogP contribution in [0.5, 0.6) is 0 Å². The molecule has 2 N–H and O–H groups in total. The molecular weight excluding hydrogens is 304 g/mol. The van der Waals surface area contributed by atoms with Crippen molar-refractivity contribution in [3.05, 3.63) is 59.9 Å². The fourth-order valence-electron chi connectivity index (χ4n) is 3.18. The van der Waals surface area contributed by atoms with Gasteiger partial charge in [-0.2, -0.15) is 0 Å². The van der Waals surface area contributed by atoms with Crippen LogP contribution in [0, 0.1) is 0 Å². The van der Waals surface area contributed by atoms with Crippen LogP contribution < -0.4 is 10.9 Å². The summed E-state index contributed by atoms with van der Waals surface area (Å²) >= 11 is 0. The van der Waals surface area contributed by atoms with Crippen molar-refractivity contribution >= 4 is 11.8 Å². The van der Waals surface area contributed by atoms with Gasteiger partial charge in [-0.3, -0.25) is 25.3 Å².